The summed E-state index contributed by atoms with van der Waals surface area (Å²) in [6.45, 7) is 6.45. The van der Waals surface area contributed by atoms with Crippen molar-refractivity contribution in [2.45, 2.75) is 18.6 Å². The number of hydrogen-bond donors (Lipinski definition) is 0. The Morgan fingerprint density at radius 1 is 1.06 bits per heavy atom. The maximum Gasteiger partial charge on any atom is 0.0924 e. The molecule has 0 aliphatic carbocycles. The van der Waals surface area contributed by atoms with E-state index in [1.54, 1.807) is 5.19 Å². The highest BCUT2D eigenvalue weighted by molar-refractivity contribution is 6.92. The summed E-state index contributed by atoms with van der Waals surface area (Å²) in [6, 6.07) is 20.2. The van der Waals surface area contributed by atoms with Gasteiger partial charge in [0.1, 0.15) is 0 Å². The Morgan fingerprint density at radius 3 is 2.50 bits per heavy atom. The third kappa shape index (κ3) is 1.66. The Balaban J connectivity index is 2.26. The van der Waals surface area contributed by atoms with E-state index in [1.165, 1.54) is 28.8 Å². The molecule has 0 radical (unpaired) electrons. The Morgan fingerprint density at radius 2 is 1.72 bits per heavy atom. The summed E-state index contributed by atoms with van der Waals surface area (Å²) in [5, 5.41) is 1.60. The van der Waals surface area contributed by atoms with Crippen LogP contribution < -0.4 is 5.19 Å². The third-order valence-electron chi connectivity index (χ3n) is 4.06. The summed E-state index contributed by atoms with van der Waals surface area (Å²) in [6.07, 6.45) is 2.11. The van der Waals surface area contributed by atoms with Gasteiger partial charge in [-0.3, -0.25) is 0 Å². The Labute approximate surface area is 110 Å². The van der Waals surface area contributed by atoms with Crippen LogP contribution in [0.15, 0.2) is 61.2 Å². The van der Waals surface area contributed by atoms with Crippen molar-refractivity contribution in [2.24, 2.45) is 0 Å². The quantitative estimate of drug-likeness (QED) is 0.560. The number of rotatable bonds is 2. The van der Waals surface area contributed by atoms with Gasteiger partial charge < -0.3 is 0 Å². The largest absolute Gasteiger partial charge is 0.103 e. The van der Waals surface area contributed by atoms with Gasteiger partial charge in [0, 0.05) is 0 Å². The highest BCUT2D eigenvalue weighted by atomic mass is 28.3. The van der Waals surface area contributed by atoms with Crippen molar-refractivity contribution in [3.05, 3.63) is 66.7 Å². The summed E-state index contributed by atoms with van der Waals surface area (Å²) in [5.41, 5.74) is 4.41. The lowest BCUT2D eigenvalue weighted by Crippen LogP contribution is -2.50. The van der Waals surface area contributed by atoms with Gasteiger partial charge in [0.15, 0.2) is 0 Å². The standard InChI is InChI=1S/C17H18Si/c1-3-12-18(2)13-14-8-4-5-9-15(14)16-10-6-7-11-17(16)18/h3-11H,1,12-13H2,2H3. The SMILES string of the molecule is C=CC[Si]1(C)Cc2ccccc2-c2ccccc21. The van der Waals surface area contributed by atoms with E-state index >= 15 is 0 Å². The van der Waals surface area contributed by atoms with Crippen LogP contribution in [0.3, 0.4) is 0 Å². The van der Waals surface area contributed by atoms with E-state index in [2.05, 4.69) is 67.7 Å². The highest BCUT2D eigenvalue weighted by Crippen LogP contribution is 2.33. The lowest BCUT2D eigenvalue weighted by atomic mass is 10.00. The summed E-state index contributed by atoms with van der Waals surface area (Å²) < 4.78 is 0. The van der Waals surface area contributed by atoms with Crippen LogP contribution in [0.25, 0.3) is 11.1 Å². The molecule has 0 N–H and O–H groups in total. The minimum atomic E-state index is -1.43. The second-order valence-corrected chi connectivity index (χ2v) is 9.85. The fraction of sp³-hybridized carbons (Fsp3) is 0.176. The monoisotopic (exact) mass is 250 g/mol. The van der Waals surface area contributed by atoms with Gasteiger partial charge in [0.25, 0.3) is 0 Å². The first-order chi connectivity index (χ1) is 8.74. The molecule has 1 unspecified atom stereocenters. The van der Waals surface area contributed by atoms with Gasteiger partial charge in [-0.05, 0) is 28.8 Å². The van der Waals surface area contributed by atoms with Crippen molar-refractivity contribution in [3.8, 4) is 11.1 Å². The molecule has 0 bridgehead atoms. The molecule has 0 saturated heterocycles. The second kappa shape index (κ2) is 4.25. The third-order valence-corrected chi connectivity index (χ3v) is 8.15. The van der Waals surface area contributed by atoms with Gasteiger partial charge in [-0.1, -0.05) is 66.3 Å². The predicted octanol–water partition coefficient (Wildman–Crippen LogP) is 3.92. The van der Waals surface area contributed by atoms with E-state index in [0.29, 0.717) is 0 Å². The smallest absolute Gasteiger partial charge is 0.0924 e. The molecule has 0 saturated carbocycles. The van der Waals surface area contributed by atoms with Gasteiger partial charge in [-0.2, -0.15) is 0 Å². The van der Waals surface area contributed by atoms with Crippen LogP contribution in [0, 0.1) is 0 Å². The summed E-state index contributed by atoms with van der Waals surface area (Å²) in [7, 11) is -1.43. The molecule has 18 heavy (non-hydrogen) atoms. The van der Waals surface area contributed by atoms with Crippen molar-refractivity contribution in [1.29, 1.82) is 0 Å². The van der Waals surface area contributed by atoms with Crippen molar-refractivity contribution in [3.63, 3.8) is 0 Å². The Kier molecular flexibility index (Phi) is 2.71. The minimum Gasteiger partial charge on any atom is -0.103 e. The molecule has 0 spiro atoms. The first-order valence-electron chi connectivity index (χ1n) is 6.53. The van der Waals surface area contributed by atoms with Crippen LogP contribution in [-0.4, -0.2) is 8.07 Å². The molecule has 1 aliphatic heterocycles. The van der Waals surface area contributed by atoms with E-state index in [9.17, 15) is 0 Å². The van der Waals surface area contributed by atoms with Gasteiger partial charge in [0.2, 0.25) is 0 Å². The molecule has 2 aromatic rings. The first kappa shape index (κ1) is 11.5. The van der Waals surface area contributed by atoms with Crippen LogP contribution >= 0.6 is 0 Å². The topological polar surface area (TPSA) is 0 Å². The number of hydrogen-bond acceptors (Lipinski definition) is 0. The normalized spacial score (nSPS) is 20.9. The fourth-order valence-electron chi connectivity index (χ4n) is 3.20. The van der Waals surface area contributed by atoms with Gasteiger partial charge in [-0.25, -0.2) is 0 Å². The van der Waals surface area contributed by atoms with E-state index in [1.807, 2.05) is 0 Å². The van der Waals surface area contributed by atoms with E-state index in [4.69, 9.17) is 0 Å². The average molecular weight is 250 g/mol. The summed E-state index contributed by atoms with van der Waals surface area (Å²) in [5.74, 6) is 0. The molecule has 3 rings (SSSR count). The van der Waals surface area contributed by atoms with Gasteiger partial charge in [0.05, 0.1) is 8.07 Å². The number of benzene rings is 2. The fourth-order valence-corrected chi connectivity index (χ4v) is 6.91. The Bertz CT molecular complexity index is 600. The zero-order chi connectivity index (χ0) is 12.6. The summed E-state index contributed by atoms with van der Waals surface area (Å²) in [4.78, 5) is 0. The highest BCUT2D eigenvalue weighted by Gasteiger charge is 2.35. The van der Waals surface area contributed by atoms with Crippen LogP contribution in [0.4, 0.5) is 0 Å². The molecule has 0 nitrogen and oxygen atoms in total. The van der Waals surface area contributed by atoms with Gasteiger partial charge >= 0.3 is 0 Å². The van der Waals surface area contributed by atoms with Gasteiger partial charge in [-0.15, -0.1) is 6.58 Å². The molecule has 2 aromatic carbocycles. The lowest BCUT2D eigenvalue weighted by molar-refractivity contribution is 1.27. The lowest BCUT2D eigenvalue weighted by Gasteiger charge is -2.34. The van der Waals surface area contributed by atoms with Crippen LogP contribution in [0.2, 0.25) is 12.6 Å². The van der Waals surface area contributed by atoms with E-state index < -0.39 is 8.07 Å². The maximum atomic E-state index is 3.96. The molecular formula is C17H18Si. The van der Waals surface area contributed by atoms with Crippen molar-refractivity contribution in [1.82, 2.24) is 0 Å². The van der Waals surface area contributed by atoms with Crippen LogP contribution in [-0.2, 0) is 6.04 Å². The van der Waals surface area contributed by atoms with Crippen LogP contribution in [0.5, 0.6) is 0 Å². The molecule has 1 aliphatic rings. The average Bonchev–Trinajstić information content (AvgIpc) is 2.39. The van der Waals surface area contributed by atoms with E-state index in [-0.39, 0.29) is 0 Å². The molecule has 0 fully saturated rings. The molecule has 0 amide bonds. The first-order valence-corrected chi connectivity index (χ1v) is 9.45. The molecule has 1 heterocycles. The van der Waals surface area contributed by atoms with Crippen molar-refractivity contribution >= 4 is 13.3 Å². The molecule has 1 heteroatoms. The summed E-state index contributed by atoms with van der Waals surface area (Å²) >= 11 is 0. The Hall–Kier alpha value is -1.60. The number of allylic oxidation sites excluding steroid dienone is 1. The predicted molar refractivity (Wildman–Crippen MR) is 81.8 cm³/mol. The van der Waals surface area contributed by atoms with Crippen molar-refractivity contribution in [2.75, 3.05) is 0 Å². The maximum absolute atomic E-state index is 3.96. The minimum absolute atomic E-state index is 1.17. The second-order valence-electron chi connectivity index (χ2n) is 5.43. The molecule has 90 valence electrons. The zero-order valence-corrected chi connectivity index (χ0v) is 11.8. The molecule has 1 atom stereocenters. The van der Waals surface area contributed by atoms with Crippen molar-refractivity contribution < 1.29 is 0 Å². The number of fused-ring (bicyclic) bond motifs is 3. The molecule has 0 aromatic heterocycles. The molecular weight excluding hydrogens is 232 g/mol. The zero-order valence-electron chi connectivity index (χ0n) is 10.8. The van der Waals surface area contributed by atoms with E-state index in [0.717, 1.165) is 0 Å². The van der Waals surface area contributed by atoms with Crippen LogP contribution in [0.1, 0.15) is 5.56 Å².